The van der Waals surface area contributed by atoms with E-state index in [9.17, 15) is 0 Å². The Morgan fingerprint density at radius 1 is 0.600 bits per heavy atom. The van der Waals surface area contributed by atoms with Crippen molar-refractivity contribution < 1.29 is 0 Å². The first-order valence-corrected chi connectivity index (χ1v) is 8.94. The molecule has 25 heavy (non-hydrogen) atoms. The molecule has 0 bridgehead atoms. The topological polar surface area (TPSA) is 12.9 Å². The summed E-state index contributed by atoms with van der Waals surface area (Å²) < 4.78 is 0. The van der Waals surface area contributed by atoms with Gasteiger partial charge < -0.3 is 0 Å². The summed E-state index contributed by atoms with van der Waals surface area (Å²) >= 11 is 0. The molecular weight excluding hydrogens is 301 g/mol. The van der Waals surface area contributed by atoms with Crippen LogP contribution in [0.4, 0.5) is 0 Å². The maximum atomic E-state index is 4.23. The molecular formula is C23H26BN. The second-order valence-electron chi connectivity index (χ2n) is 7.34. The SMILES string of the molecule is Cc1cc(C)c(B(c2ccncc2)c2c(C)cc(C)cc2C)c(C)c1. The van der Waals surface area contributed by atoms with Crippen LogP contribution in [0.1, 0.15) is 33.4 Å². The van der Waals surface area contributed by atoms with E-state index in [0.717, 1.165) is 0 Å². The van der Waals surface area contributed by atoms with Crippen molar-refractivity contribution in [3.8, 4) is 0 Å². The standard InChI is InChI=1S/C23H26BN/c1-15-11-17(3)22(18(4)12-15)24(21-7-9-25-10-8-21)23-19(5)13-16(2)14-20(23)6/h7-14H,1-6H3. The molecule has 2 aromatic carbocycles. The molecule has 0 spiro atoms. The van der Waals surface area contributed by atoms with Crippen LogP contribution in [0.5, 0.6) is 0 Å². The fourth-order valence-corrected chi connectivity index (χ4v) is 4.33. The number of hydrogen-bond donors (Lipinski definition) is 0. The Morgan fingerprint density at radius 3 is 1.32 bits per heavy atom. The highest BCUT2D eigenvalue weighted by Crippen LogP contribution is 2.12. The van der Waals surface area contributed by atoms with Gasteiger partial charge in [0, 0.05) is 12.4 Å². The molecule has 1 heterocycles. The minimum atomic E-state index is 0.240. The highest BCUT2D eigenvalue weighted by atomic mass is 14.6. The van der Waals surface area contributed by atoms with E-state index in [4.69, 9.17) is 0 Å². The molecule has 0 aliphatic heterocycles. The lowest BCUT2D eigenvalue weighted by Crippen LogP contribution is -2.55. The van der Waals surface area contributed by atoms with Gasteiger partial charge in [0.1, 0.15) is 0 Å². The van der Waals surface area contributed by atoms with Gasteiger partial charge >= 0.3 is 0 Å². The number of aromatic nitrogens is 1. The molecule has 0 saturated heterocycles. The fraction of sp³-hybridized carbons (Fsp3) is 0.261. The Balaban J connectivity index is 2.34. The highest BCUT2D eigenvalue weighted by Gasteiger charge is 2.28. The molecule has 0 aliphatic rings. The normalized spacial score (nSPS) is 10.8. The third kappa shape index (κ3) is 3.39. The molecule has 0 aliphatic carbocycles. The molecule has 3 aromatic rings. The summed E-state index contributed by atoms with van der Waals surface area (Å²) in [6.45, 7) is 13.5. The summed E-state index contributed by atoms with van der Waals surface area (Å²) in [6.07, 6.45) is 3.81. The number of nitrogens with zero attached hydrogens (tertiary/aromatic N) is 1. The number of hydrogen-bond acceptors (Lipinski definition) is 1. The summed E-state index contributed by atoms with van der Waals surface area (Å²) in [6, 6.07) is 13.5. The lowest BCUT2D eigenvalue weighted by molar-refractivity contribution is 1.33. The van der Waals surface area contributed by atoms with Crippen LogP contribution in [0.25, 0.3) is 0 Å². The Bertz CT molecular complexity index is 809. The molecule has 0 fully saturated rings. The molecule has 3 rings (SSSR count). The fourth-order valence-electron chi connectivity index (χ4n) is 4.33. The minimum absolute atomic E-state index is 0.240. The predicted octanol–water partition coefficient (Wildman–Crippen LogP) is 3.45. The van der Waals surface area contributed by atoms with Gasteiger partial charge in [0.05, 0.1) is 0 Å². The first kappa shape index (κ1) is 17.5. The van der Waals surface area contributed by atoms with E-state index in [0.29, 0.717) is 0 Å². The van der Waals surface area contributed by atoms with Crippen molar-refractivity contribution in [2.75, 3.05) is 0 Å². The van der Waals surface area contributed by atoms with Crippen molar-refractivity contribution in [3.63, 3.8) is 0 Å². The van der Waals surface area contributed by atoms with Crippen molar-refractivity contribution in [1.82, 2.24) is 4.98 Å². The Kier molecular flexibility index (Phi) is 4.81. The van der Waals surface area contributed by atoms with Crippen LogP contribution in [0, 0.1) is 41.5 Å². The second kappa shape index (κ2) is 6.88. The number of rotatable bonds is 3. The zero-order valence-corrected chi connectivity index (χ0v) is 16.1. The number of aryl methyl sites for hydroxylation is 6. The monoisotopic (exact) mass is 327 g/mol. The Labute approximate surface area is 152 Å². The van der Waals surface area contributed by atoms with E-state index in [2.05, 4.69) is 82.9 Å². The molecule has 0 amide bonds. The molecule has 0 saturated carbocycles. The second-order valence-corrected chi connectivity index (χ2v) is 7.34. The van der Waals surface area contributed by atoms with Crippen LogP contribution in [0.15, 0.2) is 48.8 Å². The lowest BCUT2D eigenvalue weighted by atomic mass is 9.34. The van der Waals surface area contributed by atoms with Crippen LogP contribution in [-0.2, 0) is 0 Å². The first-order chi connectivity index (χ1) is 11.9. The number of benzene rings is 2. The molecule has 0 unspecified atom stereocenters. The zero-order chi connectivity index (χ0) is 18.1. The van der Waals surface area contributed by atoms with Crippen LogP contribution >= 0.6 is 0 Å². The Hall–Kier alpha value is -2.35. The molecule has 1 aromatic heterocycles. The number of pyridine rings is 1. The van der Waals surface area contributed by atoms with Crippen molar-refractivity contribution in [3.05, 3.63) is 82.2 Å². The van der Waals surface area contributed by atoms with Crippen LogP contribution < -0.4 is 16.4 Å². The van der Waals surface area contributed by atoms with Gasteiger partial charge in [-0.25, -0.2) is 0 Å². The van der Waals surface area contributed by atoms with Crippen molar-refractivity contribution in [2.24, 2.45) is 0 Å². The van der Waals surface area contributed by atoms with Crippen molar-refractivity contribution >= 4 is 23.1 Å². The van der Waals surface area contributed by atoms with Crippen LogP contribution in [0.3, 0.4) is 0 Å². The maximum absolute atomic E-state index is 4.23. The molecule has 1 nitrogen and oxygen atoms in total. The van der Waals surface area contributed by atoms with Gasteiger partial charge in [-0.2, -0.15) is 0 Å². The average molecular weight is 327 g/mol. The van der Waals surface area contributed by atoms with Crippen molar-refractivity contribution in [2.45, 2.75) is 41.5 Å². The van der Waals surface area contributed by atoms with Crippen LogP contribution in [0.2, 0.25) is 0 Å². The van der Waals surface area contributed by atoms with E-state index in [-0.39, 0.29) is 6.71 Å². The van der Waals surface area contributed by atoms with Gasteiger partial charge in [-0.15, -0.1) is 0 Å². The zero-order valence-electron chi connectivity index (χ0n) is 16.1. The largest absolute Gasteiger partial charge is 0.265 e. The smallest absolute Gasteiger partial charge is 0.242 e. The molecule has 0 N–H and O–H groups in total. The summed E-state index contributed by atoms with van der Waals surface area (Å²) in [5.41, 5.74) is 12.2. The average Bonchev–Trinajstić information content (AvgIpc) is 2.52. The first-order valence-electron chi connectivity index (χ1n) is 8.94. The molecule has 2 heteroatoms. The van der Waals surface area contributed by atoms with Crippen LogP contribution in [-0.4, -0.2) is 11.7 Å². The van der Waals surface area contributed by atoms with Gasteiger partial charge in [0.15, 0.2) is 0 Å². The van der Waals surface area contributed by atoms with E-state index in [1.807, 2.05) is 12.4 Å². The van der Waals surface area contributed by atoms with E-state index >= 15 is 0 Å². The van der Waals surface area contributed by atoms with Gasteiger partial charge in [0.25, 0.3) is 0 Å². The van der Waals surface area contributed by atoms with E-state index < -0.39 is 0 Å². The van der Waals surface area contributed by atoms with Crippen molar-refractivity contribution in [1.29, 1.82) is 0 Å². The highest BCUT2D eigenvalue weighted by molar-refractivity contribution is 6.96. The third-order valence-corrected chi connectivity index (χ3v) is 5.09. The summed E-state index contributed by atoms with van der Waals surface area (Å²) in [4.78, 5) is 4.23. The third-order valence-electron chi connectivity index (χ3n) is 5.09. The lowest BCUT2D eigenvalue weighted by Gasteiger charge is -2.24. The van der Waals surface area contributed by atoms with Gasteiger partial charge in [-0.3, -0.25) is 4.98 Å². The maximum Gasteiger partial charge on any atom is 0.242 e. The van der Waals surface area contributed by atoms with Gasteiger partial charge in [0.2, 0.25) is 6.71 Å². The van der Waals surface area contributed by atoms with E-state index in [1.54, 1.807) is 0 Å². The van der Waals surface area contributed by atoms with E-state index in [1.165, 1.54) is 49.8 Å². The Morgan fingerprint density at radius 2 is 0.960 bits per heavy atom. The molecule has 126 valence electrons. The quantitative estimate of drug-likeness (QED) is 0.672. The van der Waals surface area contributed by atoms with Gasteiger partial charge in [-0.05, 0) is 53.7 Å². The summed E-state index contributed by atoms with van der Waals surface area (Å²) in [5.74, 6) is 0. The summed E-state index contributed by atoms with van der Waals surface area (Å²) in [7, 11) is 0. The van der Waals surface area contributed by atoms with Gasteiger partial charge in [-0.1, -0.05) is 74.0 Å². The predicted molar refractivity (Wildman–Crippen MR) is 110 cm³/mol. The molecule has 0 radical (unpaired) electrons. The minimum Gasteiger partial charge on any atom is -0.265 e. The molecule has 0 atom stereocenters. The summed E-state index contributed by atoms with van der Waals surface area (Å²) in [5, 5.41) is 0.